The van der Waals surface area contributed by atoms with Crippen molar-refractivity contribution in [2.75, 3.05) is 6.54 Å². The number of carbonyl (C=O) groups is 1. The van der Waals surface area contributed by atoms with Gasteiger partial charge in [-0.2, -0.15) is 5.10 Å². The van der Waals surface area contributed by atoms with E-state index in [4.69, 9.17) is 4.74 Å². The van der Waals surface area contributed by atoms with Crippen LogP contribution in [0.5, 0.6) is 5.75 Å². The zero-order valence-corrected chi connectivity index (χ0v) is 16.7. The van der Waals surface area contributed by atoms with Crippen LogP contribution < -0.4 is 10.1 Å². The summed E-state index contributed by atoms with van der Waals surface area (Å²) in [6.45, 7) is 7.88. The predicted octanol–water partition coefficient (Wildman–Crippen LogP) is 4.21. The first-order valence-electron chi connectivity index (χ1n) is 9.58. The molecule has 0 bridgehead atoms. The number of amides is 1. The average molecular weight is 377 g/mol. The van der Waals surface area contributed by atoms with Gasteiger partial charge in [0.15, 0.2) is 0 Å². The molecule has 3 rings (SSSR count). The van der Waals surface area contributed by atoms with Gasteiger partial charge in [-0.1, -0.05) is 24.3 Å². The fourth-order valence-corrected chi connectivity index (χ4v) is 2.96. The molecule has 0 aliphatic rings. The van der Waals surface area contributed by atoms with E-state index in [1.807, 2.05) is 68.0 Å². The van der Waals surface area contributed by atoms with E-state index >= 15 is 0 Å². The molecule has 0 radical (unpaired) electrons. The second-order valence-corrected chi connectivity index (χ2v) is 7.09. The Balaban J connectivity index is 1.50. The highest BCUT2D eigenvalue weighted by atomic mass is 16.5. The third-order valence-electron chi connectivity index (χ3n) is 4.55. The Bertz CT molecular complexity index is 947. The molecule has 0 fully saturated rings. The first-order valence-corrected chi connectivity index (χ1v) is 9.58. The Morgan fingerprint density at radius 1 is 1.11 bits per heavy atom. The van der Waals surface area contributed by atoms with Crippen LogP contribution in [0.4, 0.5) is 0 Å². The molecule has 0 saturated heterocycles. The maximum absolute atomic E-state index is 12.4. The topological polar surface area (TPSA) is 56.1 Å². The fraction of sp³-hybridized carbons (Fsp3) is 0.304. The van der Waals surface area contributed by atoms with Crippen molar-refractivity contribution in [2.24, 2.45) is 0 Å². The maximum atomic E-state index is 12.4. The van der Waals surface area contributed by atoms with Crippen molar-refractivity contribution in [3.63, 3.8) is 0 Å². The van der Waals surface area contributed by atoms with E-state index in [1.54, 1.807) is 0 Å². The molecule has 1 heterocycles. The fourth-order valence-electron chi connectivity index (χ4n) is 2.96. The Kier molecular flexibility index (Phi) is 6.48. The van der Waals surface area contributed by atoms with Gasteiger partial charge in [-0.3, -0.25) is 9.48 Å². The molecule has 0 atom stereocenters. The molecule has 0 unspecified atom stereocenters. The third kappa shape index (κ3) is 5.46. The lowest BCUT2D eigenvalue weighted by molar-refractivity contribution is 0.0952. The minimum atomic E-state index is -0.0646. The van der Waals surface area contributed by atoms with Gasteiger partial charge in [0.2, 0.25) is 0 Å². The van der Waals surface area contributed by atoms with E-state index in [1.165, 1.54) is 5.56 Å². The molecule has 1 N–H and O–H groups in total. The Hall–Kier alpha value is -3.08. The van der Waals surface area contributed by atoms with Gasteiger partial charge in [0.05, 0.1) is 5.69 Å². The summed E-state index contributed by atoms with van der Waals surface area (Å²) in [5.74, 6) is 0.814. The van der Waals surface area contributed by atoms with Crippen LogP contribution >= 0.6 is 0 Å². The van der Waals surface area contributed by atoms with E-state index in [0.29, 0.717) is 18.7 Å². The van der Waals surface area contributed by atoms with Crippen LogP contribution in [0.15, 0.2) is 54.7 Å². The zero-order valence-electron chi connectivity index (χ0n) is 16.7. The van der Waals surface area contributed by atoms with Gasteiger partial charge in [-0.05, 0) is 68.1 Å². The van der Waals surface area contributed by atoms with Crippen LogP contribution in [-0.4, -0.2) is 22.2 Å². The van der Waals surface area contributed by atoms with Crippen molar-refractivity contribution in [1.82, 2.24) is 15.1 Å². The monoisotopic (exact) mass is 377 g/mol. The predicted molar refractivity (Wildman–Crippen MR) is 111 cm³/mol. The standard InChI is InChI=1S/C23H27N3O2/c1-17-8-9-18(2)22(14-17)28-16-20-6-4-7-21(15-20)23(27)24-11-5-12-26-13-10-19(3)25-26/h4,6-10,13-15H,5,11-12,16H2,1-3H3,(H,24,27). The van der Waals surface area contributed by atoms with Crippen LogP contribution in [0.3, 0.4) is 0 Å². The normalized spacial score (nSPS) is 10.7. The van der Waals surface area contributed by atoms with Crippen molar-refractivity contribution in [3.05, 3.63) is 82.7 Å². The molecular weight excluding hydrogens is 350 g/mol. The lowest BCUT2D eigenvalue weighted by atomic mass is 10.1. The number of aryl methyl sites for hydroxylation is 4. The molecule has 3 aromatic rings. The van der Waals surface area contributed by atoms with Crippen LogP contribution in [0.25, 0.3) is 0 Å². The van der Waals surface area contributed by atoms with Gasteiger partial charge in [0.1, 0.15) is 12.4 Å². The summed E-state index contributed by atoms with van der Waals surface area (Å²) in [7, 11) is 0. The number of aromatic nitrogens is 2. The molecular formula is C23H27N3O2. The molecule has 28 heavy (non-hydrogen) atoms. The number of hydrogen-bond acceptors (Lipinski definition) is 3. The highest BCUT2D eigenvalue weighted by molar-refractivity contribution is 5.94. The second kappa shape index (κ2) is 9.22. The maximum Gasteiger partial charge on any atom is 0.251 e. The van der Waals surface area contributed by atoms with Gasteiger partial charge in [0, 0.05) is 24.8 Å². The minimum absolute atomic E-state index is 0.0646. The molecule has 146 valence electrons. The number of nitrogens with zero attached hydrogens (tertiary/aromatic N) is 2. The third-order valence-corrected chi connectivity index (χ3v) is 4.55. The minimum Gasteiger partial charge on any atom is -0.489 e. The van der Waals surface area contributed by atoms with Crippen molar-refractivity contribution in [3.8, 4) is 5.75 Å². The first-order chi connectivity index (χ1) is 13.5. The Labute approximate surface area is 166 Å². The molecule has 0 saturated carbocycles. The number of carbonyl (C=O) groups excluding carboxylic acids is 1. The largest absolute Gasteiger partial charge is 0.489 e. The van der Waals surface area contributed by atoms with Crippen LogP contribution in [0, 0.1) is 20.8 Å². The van der Waals surface area contributed by atoms with E-state index in [9.17, 15) is 4.79 Å². The highest BCUT2D eigenvalue weighted by Gasteiger charge is 2.07. The summed E-state index contributed by atoms with van der Waals surface area (Å²) >= 11 is 0. The number of hydrogen-bond donors (Lipinski definition) is 1. The molecule has 2 aromatic carbocycles. The van der Waals surface area contributed by atoms with Crippen molar-refractivity contribution in [1.29, 1.82) is 0 Å². The Morgan fingerprint density at radius 3 is 2.75 bits per heavy atom. The second-order valence-electron chi connectivity index (χ2n) is 7.09. The summed E-state index contributed by atoms with van der Waals surface area (Å²) in [6.07, 6.45) is 2.79. The van der Waals surface area contributed by atoms with Crippen LogP contribution in [-0.2, 0) is 13.2 Å². The summed E-state index contributed by atoms with van der Waals surface area (Å²) in [4.78, 5) is 12.4. The zero-order chi connectivity index (χ0) is 19.9. The summed E-state index contributed by atoms with van der Waals surface area (Å²) in [6, 6.07) is 15.7. The Morgan fingerprint density at radius 2 is 1.96 bits per heavy atom. The SMILES string of the molecule is Cc1ccc(C)c(OCc2cccc(C(=O)NCCCn3ccc(C)n3)c2)c1. The van der Waals surface area contributed by atoms with Gasteiger partial charge in [-0.25, -0.2) is 0 Å². The van der Waals surface area contributed by atoms with Gasteiger partial charge in [0.25, 0.3) is 5.91 Å². The summed E-state index contributed by atoms with van der Waals surface area (Å²) < 4.78 is 7.84. The van der Waals surface area contributed by atoms with E-state index < -0.39 is 0 Å². The molecule has 5 heteroatoms. The van der Waals surface area contributed by atoms with E-state index in [2.05, 4.69) is 22.5 Å². The average Bonchev–Trinajstić information content (AvgIpc) is 3.11. The lowest BCUT2D eigenvalue weighted by Gasteiger charge is -2.11. The molecule has 1 amide bonds. The number of benzene rings is 2. The lowest BCUT2D eigenvalue weighted by Crippen LogP contribution is -2.25. The number of rotatable bonds is 8. The number of ether oxygens (including phenoxy) is 1. The number of nitrogens with one attached hydrogen (secondary N) is 1. The van der Waals surface area contributed by atoms with Crippen LogP contribution in [0.2, 0.25) is 0 Å². The van der Waals surface area contributed by atoms with Crippen molar-refractivity contribution in [2.45, 2.75) is 40.3 Å². The van der Waals surface area contributed by atoms with E-state index in [-0.39, 0.29) is 5.91 Å². The highest BCUT2D eigenvalue weighted by Crippen LogP contribution is 2.20. The van der Waals surface area contributed by atoms with Crippen LogP contribution in [0.1, 0.15) is 39.2 Å². The van der Waals surface area contributed by atoms with Gasteiger partial charge in [-0.15, -0.1) is 0 Å². The molecule has 5 nitrogen and oxygen atoms in total. The van der Waals surface area contributed by atoms with Crippen molar-refractivity contribution >= 4 is 5.91 Å². The molecule has 0 spiro atoms. The summed E-state index contributed by atoms with van der Waals surface area (Å²) in [5.41, 5.74) is 4.90. The molecule has 0 aliphatic carbocycles. The quantitative estimate of drug-likeness (QED) is 0.599. The van der Waals surface area contributed by atoms with E-state index in [0.717, 1.165) is 35.5 Å². The molecule has 0 aliphatic heterocycles. The van der Waals surface area contributed by atoms with Crippen molar-refractivity contribution < 1.29 is 9.53 Å². The first kappa shape index (κ1) is 19.7. The summed E-state index contributed by atoms with van der Waals surface area (Å²) in [5, 5.41) is 7.32. The molecule has 1 aromatic heterocycles. The van der Waals surface area contributed by atoms with Gasteiger partial charge < -0.3 is 10.1 Å². The van der Waals surface area contributed by atoms with Gasteiger partial charge >= 0.3 is 0 Å². The smallest absolute Gasteiger partial charge is 0.251 e.